The van der Waals surface area contributed by atoms with Crippen LogP contribution < -0.4 is 5.32 Å². The number of rotatable bonds is 5. The maximum Gasteiger partial charge on any atom is 0.0379 e. The predicted octanol–water partition coefficient (Wildman–Crippen LogP) is 4.46. The van der Waals surface area contributed by atoms with Crippen LogP contribution in [0.5, 0.6) is 0 Å². The van der Waals surface area contributed by atoms with Crippen molar-refractivity contribution in [3.8, 4) is 0 Å². The maximum absolute atomic E-state index is 3.68. The highest BCUT2D eigenvalue weighted by molar-refractivity contribution is 9.10. The first-order valence-electron chi connectivity index (χ1n) is 5.99. The molecular formula is C14H22BrN. The summed E-state index contributed by atoms with van der Waals surface area (Å²) in [6.45, 7) is 8.96. The van der Waals surface area contributed by atoms with Crippen molar-refractivity contribution in [2.75, 3.05) is 0 Å². The molecule has 0 bridgehead atoms. The molecule has 0 aliphatic carbocycles. The molecule has 1 rings (SSSR count). The quantitative estimate of drug-likeness (QED) is 0.841. The zero-order valence-corrected chi connectivity index (χ0v) is 12.3. The van der Waals surface area contributed by atoms with E-state index in [1.54, 1.807) is 0 Å². The van der Waals surface area contributed by atoms with Crippen LogP contribution in [0.3, 0.4) is 0 Å². The Hall–Kier alpha value is -0.340. The molecular weight excluding hydrogens is 262 g/mol. The van der Waals surface area contributed by atoms with E-state index >= 15 is 0 Å². The van der Waals surface area contributed by atoms with Crippen LogP contribution in [0.4, 0.5) is 0 Å². The topological polar surface area (TPSA) is 12.0 Å². The van der Waals surface area contributed by atoms with Crippen LogP contribution in [-0.2, 0) is 5.54 Å². The van der Waals surface area contributed by atoms with Gasteiger partial charge in [-0.15, -0.1) is 0 Å². The molecule has 1 N–H and O–H groups in total. The van der Waals surface area contributed by atoms with Crippen molar-refractivity contribution >= 4 is 15.9 Å². The third-order valence-corrected chi connectivity index (χ3v) is 3.42. The van der Waals surface area contributed by atoms with E-state index in [1.165, 1.54) is 18.4 Å². The average molecular weight is 284 g/mol. The molecule has 0 saturated heterocycles. The van der Waals surface area contributed by atoms with Crippen LogP contribution >= 0.6 is 15.9 Å². The van der Waals surface area contributed by atoms with Crippen molar-refractivity contribution in [3.63, 3.8) is 0 Å². The van der Waals surface area contributed by atoms with Crippen molar-refractivity contribution in [2.45, 2.75) is 52.1 Å². The van der Waals surface area contributed by atoms with Gasteiger partial charge in [-0.25, -0.2) is 0 Å². The van der Waals surface area contributed by atoms with E-state index in [0.29, 0.717) is 6.04 Å². The lowest BCUT2D eigenvalue weighted by atomic mass is 9.93. The van der Waals surface area contributed by atoms with Crippen molar-refractivity contribution in [2.24, 2.45) is 0 Å². The highest BCUT2D eigenvalue weighted by atomic mass is 79.9. The fourth-order valence-electron chi connectivity index (χ4n) is 2.07. The van der Waals surface area contributed by atoms with Gasteiger partial charge in [-0.1, -0.05) is 41.4 Å². The first-order chi connectivity index (χ1) is 7.45. The minimum atomic E-state index is 0.0370. The molecule has 1 aromatic carbocycles. The van der Waals surface area contributed by atoms with Crippen LogP contribution in [0, 0.1) is 0 Å². The number of halogens is 1. The molecule has 0 aliphatic heterocycles. The molecule has 1 atom stereocenters. The Kier molecular flexibility index (Phi) is 5.00. The number of benzene rings is 1. The summed E-state index contributed by atoms with van der Waals surface area (Å²) >= 11 is 3.47. The molecule has 1 unspecified atom stereocenters. The molecule has 0 aromatic heterocycles. The highest BCUT2D eigenvalue weighted by Crippen LogP contribution is 2.23. The number of hydrogen-bond acceptors (Lipinski definition) is 1. The third-order valence-electron chi connectivity index (χ3n) is 2.89. The molecule has 0 aliphatic rings. The summed E-state index contributed by atoms with van der Waals surface area (Å²) < 4.78 is 1.13. The Morgan fingerprint density at radius 1 is 1.25 bits per heavy atom. The molecule has 1 nitrogen and oxygen atoms in total. The van der Waals surface area contributed by atoms with Crippen LogP contribution in [0.15, 0.2) is 28.7 Å². The van der Waals surface area contributed by atoms with E-state index < -0.39 is 0 Å². The van der Waals surface area contributed by atoms with Gasteiger partial charge in [0.1, 0.15) is 0 Å². The van der Waals surface area contributed by atoms with Crippen molar-refractivity contribution < 1.29 is 0 Å². The zero-order chi connectivity index (χ0) is 12.2. The minimum absolute atomic E-state index is 0.0370. The fourth-order valence-corrected chi connectivity index (χ4v) is 2.34. The second-order valence-electron chi connectivity index (χ2n) is 4.97. The monoisotopic (exact) mass is 283 g/mol. The Balaban J connectivity index is 2.72. The van der Waals surface area contributed by atoms with Gasteiger partial charge >= 0.3 is 0 Å². The van der Waals surface area contributed by atoms with E-state index in [1.807, 2.05) is 0 Å². The first-order valence-corrected chi connectivity index (χ1v) is 6.78. The van der Waals surface area contributed by atoms with E-state index in [-0.39, 0.29) is 5.54 Å². The fraction of sp³-hybridized carbons (Fsp3) is 0.571. The molecule has 0 radical (unpaired) electrons. The minimum Gasteiger partial charge on any atom is -0.305 e. The summed E-state index contributed by atoms with van der Waals surface area (Å²) in [5, 5.41) is 3.68. The average Bonchev–Trinajstić information content (AvgIpc) is 2.17. The van der Waals surface area contributed by atoms with Gasteiger partial charge in [0.25, 0.3) is 0 Å². The zero-order valence-electron chi connectivity index (χ0n) is 10.7. The summed E-state index contributed by atoms with van der Waals surface area (Å²) in [5.41, 5.74) is 1.37. The normalized spacial score (nSPS) is 13.8. The van der Waals surface area contributed by atoms with Crippen molar-refractivity contribution in [1.82, 2.24) is 5.32 Å². The van der Waals surface area contributed by atoms with Gasteiger partial charge in [-0.3, -0.25) is 0 Å². The SMILES string of the molecule is CCCC(C)NC(C)(C)c1ccc(Br)cc1. The Morgan fingerprint density at radius 2 is 1.81 bits per heavy atom. The lowest BCUT2D eigenvalue weighted by molar-refractivity contribution is 0.340. The molecule has 1 aromatic rings. The van der Waals surface area contributed by atoms with Crippen LogP contribution in [0.2, 0.25) is 0 Å². The van der Waals surface area contributed by atoms with Crippen LogP contribution in [-0.4, -0.2) is 6.04 Å². The maximum atomic E-state index is 3.68. The second kappa shape index (κ2) is 5.83. The Labute approximate surface area is 108 Å². The van der Waals surface area contributed by atoms with Gasteiger partial charge in [0.15, 0.2) is 0 Å². The highest BCUT2D eigenvalue weighted by Gasteiger charge is 2.21. The Morgan fingerprint density at radius 3 is 2.31 bits per heavy atom. The van der Waals surface area contributed by atoms with Crippen LogP contribution in [0.1, 0.15) is 46.1 Å². The molecule has 0 heterocycles. The van der Waals surface area contributed by atoms with Gasteiger partial charge in [-0.05, 0) is 44.9 Å². The van der Waals surface area contributed by atoms with E-state index in [4.69, 9.17) is 0 Å². The summed E-state index contributed by atoms with van der Waals surface area (Å²) in [7, 11) is 0. The summed E-state index contributed by atoms with van der Waals surface area (Å²) in [6.07, 6.45) is 2.45. The van der Waals surface area contributed by atoms with Gasteiger partial charge < -0.3 is 5.32 Å². The molecule has 16 heavy (non-hydrogen) atoms. The lowest BCUT2D eigenvalue weighted by Gasteiger charge is -2.31. The molecule has 0 amide bonds. The smallest absolute Gasteiger partial charge is 0.0379 e. The van der Waals surface area contributed by atoms with Crippen LogP contribution in [0.25, 0.3) is 0 Å². The Bertz CT molecular complexity index is 316. The van der Waals surface area contributed by atoms with E-state index in [0.717, 1.165) is 4.47 Å². The predicted molar refractivity (Wildman–Crippen MR) is 74.7 cm³/mol. The van der Waals surface area contributed by atoms with Crippen molar-refractivity contribution in [3.05, 3.63) is 34.3 Å². The molecule has 90 valence electrons. The molecule has 0 fully saturated rings. The number of hydrogen-bond donors (Lipinski definition) is 1. The van der Waals surface area contributed by atoms with Gasteiger partial charge in [0, 0.05) is 16.1 Å². The summed E-state index contributed by atoms with van der Waals surface area (Å²) in [6, 6.07) is 9.11. The molecule has 0 spiro atoms. The van der Waals surface area contributed by atoms with Crippen molar-refractivity contribution in [1.29, 1.82) is 0 Å². The van der Waals surface area contributed by atoms with Gasteiger partial charge in [0.2, 0.25) is 0 Å². The largest absolute Gasteiger partial charge is 0.305 e. The lowest BCUT2D eigenvalue weighted by Crippen LogP contribution is -2.42. The second-order valence-corrected chi connectivity index (χ2v) is 5.88. The molecule has 0 saturated carbocycles. The summed E-state index contributed by atoms with van der Waals surface area (Å²) in [5.74, 6) is 0. The summed E-state index contributed by atoms with van der Waals surface area (Å²) in [4.78, 5) is 0. The van der Waals surface area contributed by atoms with Gasteiger partial charge in [0.05, 0.1) is 0 Å². The van der Waals surface area contributed by atoms with E-state index in [2.05, 4.69) is 73.2 Å². The molecule has 2 heteroatoms. The van der Waals surface area contributed by atoms with Gasteiger partial charge in [-0.2, -0.15) is 0 Å². The standard InChI is InChI=1S/C14H22BrN/c1-5-6-11(2)16-14(3,4)12-7-9-13(15)10-8-12/h7-11,16H,5-6H2,1-4H3. The van der Waals surface area contributed by atoms with E-state index in [9.17, 15) is 0 Å². The number of nitrogens with one attached hydrogen (secondary N) is 1. The first kappa shape index (κ1) is 13.7. The third kappa shape index (κ3) is 3.91.